The van der Waals surface area contributed by atoms with E-state index < -0.39 is 26.4 Å². The number of pyridine rings is 3. The summed E-state index contributed by atoms with van der Waals surface area (Å²) in [5, 5.41) is 1.56. The number of rotatable bonds is 3. The van der Waals surface area contributed by atoms with Gasteiger partial charge in [-0.2, -0.15) is 0 Å². The van der Waals surface area contributed by atoms with E-state index >= 15 is 0 Å². The van der Waals surface area contributed by atoms with Crippen molar-refractivity contribution in [3.05, 3.63) is 114 Å². The third-order valence-corrected chi connectivity index (χ3v) is 5.78. The fourth-order valence-corrected chi connectivity index (χ4v) is 3.85. The van der Waals surface area contributed by atoms with Gasteiger partial charge in [0.15, 0.2) is 0 Å². The van der Waals surface area contributed by atoms with Crippen LogP contribution in [0.4, 0.5) is 0 Å². The molecule has 1 radical (unpaired) electrons. The van der Waals surface area contributed by atoms with Crippen molar-refractivity contribution in [2.24, 2.45) is 0 Å². The second-order valence-corrected chi connectivity index (χ2v) is 8.57. The van der Waals surface area contributed by atoms with Crippen molar-refractivity contribution in [3.63, 3.8) is 0 Å². The fourth-order valence-electron chi connectivity index (χ4n) is 3.85. The Balaban J connectivity index is 0.000000222. The molecule has 0 atom stereocenters. The van der Waals surface area contributed by atoms with Gasteiger partial charge in [-0.15, -0.1) is 54.1 Å². The molecule has 0 saturated carbocycles. The van der Waals surface area contributed by atoms with Crippen LogP contribution in [0.1, 0.15) is 55.8 Å². The van der Waals surface area contributed by atoms with Crippen molar-refractivity contribution in [3.8, 4) is 22.5 Å². The van der Waals surface area contributed by atoms with Gasteiger partial charge in [0.25, 0.3) is 0 Å². The first-order chi connectivity index (χ1) is 21.8. The summed E-state index contributed by atoms with van der Waals surface area (Å²) in [6.45, 7) is -3.67. The first-order valence-electron chi connectivity index (χ1n) is 16.5. The Labute approximate surface area is 251 Å². The van der Waals surface area contributed by atoms with Crippen LogP contribution in [-0.2, 0) is 20.1 Å². The van der Waals surface area contributed by atoms with Gasteiger partial charge in [0, 0.05) is 57.3 Å². The summed E-state index contributed by atoms with van der Waals surface area (Å²) >= 11 is 0. The summed E-state index contributed by atoms with van der Waals surface area (Å²) in [7, 11) is 0. The summed E-state index contributed by atoms with van der Waals surface area (Å²) in [6.07, 6.45) is 2.78. The second-order valence-electron chi connectivity index (χ2n) is 8.57. The van der Waals surface area contributed by atoms with Crippen molar-refractivity contribution in [1.82, 2.24) is 15.0 Å². The minimum Gasteiger partial charge on any atom is -0.486 e. The zero-order chi connectivity index (χ0) is 34.4. The monoisotopic (exact) mass is 686 g/mol. The van der Waals surface area contributed by atoms with Crippen LogP contribution in [0, 0.1) is 32.7 Å². The van der Waals surface area contributed by atoms with E-state index in [9.17, 15) is 0 Å². The van der Waals surface area contributed by atoms with Crippen LogP contribution in [0.15, 0.2) is 83.5 Å². The van der Waals surface area contributed by atoms with Crippen LogP contribution in [0.5, 0.6) is 0 Å². The molecule has 0 aliphatic heterocycles. The largest absolute Gasteiger partial charge is 0.486 e. The van der Waals surface area contributed by atoms with E-state index in [1.54, 1.807) is 42.6 Å². The molecular formula is C33H29IrN3O-2. The normalized spacial score (nSPS) is 15.9. The molecular weight excluding hydrogens is 647 g/mol. The molecule has 4 aromatic heterocycles. The minimum absolute atomic E-state index is 0. The third-order valence-electron chi connectivity index (χ3n) is 5.78. The Morgan fingerprint density at radius 3 is 2.53 bits per heavy atom. The molecule has 2 aromatic carbocycles. The van der Waals surface area contributed by atoms with Crippen LogP contribution in [0.3, 0.4) is 0 Å². The van der Waals surface area contributed by atoms with E-state index in [4.69, 9.17) is 18.1 Å². The molecule has 193 valence electrons. The van der Waals surface area contributed by atoms with Gasteiger partial charge >= 0.3 is 0 Å². The maximum atomic E-state index is 8.24. The molecule has 6 rings (SSSR count). The molecule has 0 spiro atoms. The quantitative estimate of drug-likeness (QED) is 0.176. The zero-order valence-corrected chi connectivity index (χ0v) is 23.0. The number of hydrogen-bond acceptors (Lipinski definition) is 4. The molecule has 0 aliphatic rings. The van der Waals surface area contributed by atoms with Gasteiger partial charge < -0.3 is 14.4 Å². The molecule has 0 bridgehead atoms. The number of aryl methyl sites for hydroxylation is 3. The molecule has 4 heterocycles. The second kappa shape index (κ2) is 11.8. The van der Waals surface area contributed by atoms with Crippen molar-refractivity contribution in [2.45, 2.75) is 40.3 Å². The SMILES string of the molecule is [2H]C([2H])([2H])c1ccc2c(n1)oc1c(-c3cc(C([2H])(C)C)ccn3)[c-]ccc12.[2H]C([2H])([2H])c1cnc(-c2[c-]cccc2)cc1C([2H])([2H])[2H].[Ir]. The molecule has 0 fully saturated rings. The fraction of sp³-hybridized carbons (Fsp3) is 0.182. The first-order valence-corrected chi connectivity index (χ1v) is 11.5. The van der Waals surface area contributed by atoms with Gasteiger partial charge in [-0.1, -0.05) is 48.1 Å². The van der Waals surface area contributed by atoms with Gasteiger partial charge in [-0.05, 0) is 61.6 Å². The Kier molecular flexibility index (Phi) is 5.29. The summed E-state index contributed by atoms with van der Waals surface area (Å²) in [6, 6.07) is 24.9. The van der Waals surface area contributed by atoms with E-state index in [0.29, 0.717) is 28.1 Å². The van der Waals surface area contributed by atoms with E-state index in [2.05, 4.69) is 27.1 Å². The number of hydrogen-bond donors (Lipinski definition) is 0. The van der Waals surface area contributed by atoms with Gasteiger partial charge in [0.1, 0.15) is 0 Å². The van der Waals surface area contributed by atoms with Crippen LogP contribution >= 0.6 is 0 Å². The van der Waals surface area contributed by atoms with E-state index in [0.717, 1.165) is 22.5 Å². The third kappa shape index (κ3) is 5.75. The van der Waals surface area contributed by atoms with E-state index in [-0.39, 0.29) is 42.6 Å². The zero-order valence-electron chi connectivity index (χ0n) is 30.6. The molecule has 6 aromatic rings. The van der Waals surface area contributed by atoms with Gasteiger partial charge in [0.05, 0.1) is 5.58 Å². The Bertz CT molecular complexity index is 2050. The molecule has 38 heavy (non-hydrogen) atoms. The number of nitrogens with zero attached hydrogens (tertiary/aromatic N) is 3. The number of benzene rings is 2. The smallest absolute Gasteiger partial charge is 0.216 e. The standard InChI is InChI=1S/C20H17N2O.C13H12N.Ir/c1-12(2)14-9-10-21-18(11-14)17-6-4-5-15-16-8-7-13(3)22-20(16)23-19(15)17;1-10-8-13(14-9-11(10)2)12-6-4-3-5-7-12;/h4-5,7-12H,1-3H3;3-6,8-9H,1-2H3;/q2*-1;/i3D3,12D;1D3,2D3;. The number of furan rings is 1. The molecule has 0 aliphatic carbocycles. The van der Waals surface area contributed by atoms with Gasteiger partial charge in [0.2, 0.25) is 5.71 Å². The maximum absolute atomic E-state index is 8.24. The average molecular weight is 686 g/mol. The molecule has 0 unspecified atom stereocenters. The van der Waals surface area contributed by atoms with Gasteiger partial charge in [-0.25, -0.2) is 4.98 Å². The van der Waals surface area contributed by atoms with Crippen molar-refractivity contribution >= 4 is 22.1 Å². The van der Waals surface area contributed by atoms with Crippen LogP contribution < -0.4 is 0 Å². The van der Waals surface area contributed by atoms with E-state index in [1.165, 1.54) is 12.1 Å². The summed E-state index contributed by atoms with van der Waals surface area (Å²) in [5.41, 5.74) is 3.54. The topological polar surface area (TPSA) is 51.8 Å². The Morgan fingerprint density at radius 1 is 0.868 bits per heavy atom. The van der Waals surface area contributed by atoms with Crippen molar-refractivity contribution < 1.29 is 38.2 Å². The first kappa shape index (κ1) is 17.0. The van der Waals surface area contributed by atoms with Gasteiger partial charge in [-0.3, -0.25) is 0 Å². The predicted octanol–water partition coefficient (Wildman–Crippen LogP) is 8.44. The number of fused-ring (bicyclic) bond motifs is 3. The van der Waals surface area contributed by atoms with Crippen LogP contribution in [0.25, 0.3) is 44.6 Å². The van der Waals surface area contributed by atoms with Crippen LogP contribution in [0.2, 0.25) is 0 Å². The van der Waals surface area contributed by atoms with E-state index in [1.807, 2.05) is 32.0 Å². The summed E-state index contributed by atoms with van der Waals surface area (Å²) < 4.78 is 81.5. The number of aromatic nitrogens is 3. The van der Waals surface area contributed by atoms with Crippen molar-refractivity contribution in [2.75, 3.05) is 0 Å². The molecule has 0 N–H and O–H groups in total. The van der Waals surface area contributed by atoms with Crippen LogP contribution in [-0.4, -0.2) is 15.0 Å². The Hall–Kier alpha value is -3.66. The maximum Gasteiger partial charge on any atom is 0.216 e. The molecule has 4 nitrogen and oxygen atoms in total. The summed E-state index contributed by atoms with van der Waals surface area (Å²) in [5.74, 6) is -0.754. The molecule has 0 saturated heterocycles. The predicted molar refractivity (Wildman–Crippen MR) is 150 cm³/mol. The minimum atomic E-state index is -2.50. The van der Waals surface area contributed by atoms with Crippen molar-refractivity contribution in [1.29, 1.82) is 0 Å². The average Bonchev–Trinajstić information content (AvgIpc) is 3.38. The Morgan fingerprint density at radius 2 is 1.76 bits per heavy atom. The molecule has 5 heteroatoms. The summed E-state index contributed by atoms with van der Waals surface area (Å²) in [4.78, 5) is 12.6. The molecule has 0 amide bonds.